The van der Waals surface area contributed by atoms with E-state index in [1.54, 1.807) is 13.0 Å². The zero-order valence-electron chi connectivity index (χ0n) is 14.3. The van der Waals surface area contributed by atoms with Crippen molar-refractivity contribution >= 4 is 33.2 Å². The Morgan fingerprint density at radius 3 is 2.15 bits per heavy atom. The Kier molecular flexibility index (Phi) is 5.75. The molecule has 11 heteroatoms. The van der Waals surface area contributed by atoms with Gasteiger partial charge in [-0.15, -0.1) is 0 Å². The van der Waals surface area contributed by atoms with E-state index in [2.05, 4.69) is 15.6 Å². The highest BCUT2D eigenvalue weighted by atomic mass is 32.2. The van der Waals surface area contributed by atoms with E-state index in [1.165, 1.54) is 30.3 Å². The van der Waals surface area contributed by atoms with Gasteiger partial charge in [-0.25, -0.2) is 8.42 Å². The number of non-ortho nitro benzene ring substituents is 1. The summed E-state index contributed by atoms with van der Waals surface area (Å²) in [7, 11) is -3.52. The number of anilines is 1. The van der Waals surface area contributed by atoms with Crippen LogP contribution in [0.2, 0.25) is 0 Å². The molecule has 0 saturated carbocycles. The molecule has 0 aliphatic carbocycles. The van der Waals surface area contributed by atoms with Crippen molar-refractivity contribution in [1.82, 2.24) is 10.9 Å². The third kappa shape index (κ3) is 5.51. The second-order valence-electron chi connectivity index (χ2n) is 5.62. The first-order valence-corrected chi connectivity index (χ1v) is 9.39. The fraction of sp³-hybridized carbons (Fsp3) is 0.125. The highest BCUT2D eigenvalue weighted by Crippen LogP contribution is 2.18. The van der Waals surface area contributed by atoms with Gasteiger partial charge in [0.05, 0.1) is 16.9 Å². The van der Waals surface area contributed by atoms with Crippen LogP contribution in [0.25, 0.3) is 0 Å². The van der Waals surface area contributed by atoms with Crippen molar-refractivity contribution < 1.29 is 22.9 Å². The van der Waals surface area contributed by atoms with E-state index in [9.17, 15) is 28.1 Å². The molecule has 0 fully saturated rings. The molecule has 2 aromatic carbocycles. The van der Waals surface area contributed by atoms with E-state index < -0.39 is 26.8 Å². The summed E-state index contributed by atoms with van der Waals surface area (Å²) in [6, 6.07) is 9.33. The standard InChI is InChI=1S/C16H16N4O6S/c1-10-6-7-12(9-14(10)19-27(2,25)26)16(22)18-17-15(21)11-4-3-5-13(8-11)20(23)24/h3-9,19H,1-2H3,(H,17,21)(H,18,22). The lowest BCUT2D eigenvalue weighted by Gasteiger charge is -2.11. The monoisotopic (exact) mass is 392 g/mol. The van der Waals surface area contributed by atoms with Crippen LogP contribution in [0, 0.1) is 17.0 Å². The number of hydrogen-bond acceptors (Lipinski definition) is 6. The highest BCUT2D eigenvalue weighted by Gasteiger charge is 2.14. The summed E-state index contributed by atoms with van der Waals surface area (Å²) in [5.74, 6) is -1.43. The summed E-state index contributed by atoms with van der Waals surface area (Å²) in [5.41, 5.74) is 4.99. The number of nitro benzene ring substituents is 1. The number of nitro groups is 1. The van der Waals surface area contributed by atoms with Crippen molar-refractivity contribution in [3.8, 4) is 0 Å². The van der Waals surface area contributed by atoms with E-state index in [0.717, 1.165) is 12.3 Å². The predicted octanol–water partition coefficient (Wildman–Crippen LogP) is 1.35. The molecule has 0 atom stereocenters. The van der Waals surface area contributed by atoms with Crippen molar-refractivity contribution in [2.45, 2.75) is 6.92 Å². The first kappa shape index (κ1) is 19.8. The fourth-order valence-electron chi connectivity index (χ4n) is 2.09. The average Bonchev–Trinajstić information content (AvgIpc) is 2.60. The molecule has 3 N–H and O–H groups in total. The van der Waals surface area contributed by atoms with Crippen LogP contribution in [0.5, 0.6) is 0 Å². The molecule has 0 aromatic heterocycles. The molecular weight excluding hydrogens is 376 g/mol. The summed E-state index contributed by atoms with van der Waals surface area (Å²) in [6.07, 6.45) is 0.985. The average molecular weight is 392 g/mol. The van der Waals surface area contributed by atoms with Crippen LogP contribution in [0.3, 0.4) is 0 Å². The van der Waals surface area contributed by atoms with Gasteiger partial charge < -0.3 is 0 Å². The van der Waals surface area contributed by atoms with Gasteiger partial charge in [0.15, 0.2) is 0 Å². The maximum absolute atomic E-state index is 12.2. The Labute approximate surface area is 154 Å². The Bertz CT molecular complexity index is 1020. The topological polar surface area (TPSA) is 148 Å². The number of benzene rings is 2. The van der Waals surface area contributed by atoms with Crippen LogP contribution in [-0.4, -0.2) is 31.4 Å². The van der Waals surface area contributed by atoms with Gasteiger partial charge in [-0.05, 0) is 30.7 Å². The summed E-state index contributed by atoms with van der Waals surface area (Å²) < 4.78 is 25.0. The predicted molar refractivity (Wildman–Crippen MR) is 97.7 cm³/mol. The third-order valence-corrected chi connectivity index (χ3v) is 3.99. The molecule has 2 rings (SSSR count). The van der Waals surface area contributed by atoms with Crippen LogP contribution in [0.4, 0.5) is 11.4 Å². The smallest absolute Gasteiger partial charge is 0.270 e. The number of aryl methyl sites for hydroxylation is 1. The second kappa shape index (κ2) is 7.83. The van der Waals surface area contributed by atoms with Gasteiger partial charge in [-0.3, -0.25) is 35.3 Å². The molecule has 0 heterocycles. The van der Waals surface area contributed by atoms with Crippen LogP contribution in [-0.2, 0) is 10.0 Å². The van der Waals surface area contributed by atoms with Crippen molar-refractivity contribution in [2.24, 2.45) is 0 Å². The normalized spacial score (nSPS) is 10.7. The highest BCUT2D eigenvalue weighted by molar-refractivity contribution is 7.92. The first-order valence-electron chi connectivity index (χ1n) is 7.50. The number of rotatable bonds is 5. The van der Waals surface area contributed by atoms with E-state index in [1.807, 2.05) is 0 Å². The lowest BCUT2D eigenvalue weighted by atomic mass is 10.1. The summed E-state index contributed by atoms with van der Waals surface area (Å²) >= 11 is 0. The zero-order chi connectivity index (χ0) is 20.2. The zero-order valence-corrected chi connectivity index (χ0v) is 15.2. The number of hydrazine groups is 1. The first-order chi connectivity index (χ1) is 12.6. The second-order valence-corrected chi connectivity index (χ2v) is 7.37. The molecule has 0 unspecified atom stereocenters. The molecule has 2 aromatic rings. The van der Waals surface area contributed by atoms with Crippen molar-refractivity contribution in [1.29, 1.82) is 0 Å². The molecule has 0 spiro atoms. The van der Waals surface area contributed by atoms with Gasteiger partial charge in [0, 0.05) is 23.3 Å². The Hall–Kier alpha value is -3.47. The van der Waals surface area contributed by atoms with Gasteiger partial charge >= 0.3 is 0 Å². The minimum atomic E-state index is -3.52. The van der Waals surface area contributed by atoms with Crippen molar-refractivity contribution in [3.63, 3.8) is 0 Å². The Morgan fingerprint density at radius 1 is 1.00 bits per heavy atom. The molecule has 0 saturated heterocycles. The summed E-state index contributed by atoms with van der Waals surface area (Å²) in [4.78, 5) is 34.3. The molecule has 0 aliphatic rings. The van der Waals surface area contributed by atoms with E-state index in [0.29, 0.717) is 5.56 Å². The SMILES string of the molecule is Cc1ccc(C(=O)NNC(=O)c2cccc([N+](=O)[O-])c2)cc1NS(C)(=O)=O. The summed E-state index contributed by atoms with van der Waals surface area (Å²) in [5, 5.41) is 10.7. The Balaban J connectivity index is 2.09. The number of carbonyl (C=O) groups excluding carboxylic acids is 2. The fourth-order valence-corrected chi connectivity index (χ4v) is 2.71. The van der Waals surface area contributed by atoms with E-state index in [-0.39, 0.29) is 22.5 Å². The van der Waals surface area contributed by atoms with Crippen LogP contribution in [0.15, 0.2) is 42.5 Å². The van der Waals surface area contributed by atoms with Gasteiger partial charge in [-0.1, -0.05) is 12.1 Å². The molecule has 142 valence electrons. The largest absolute Gasteiger partial charge is 0.283 e. The Morgan fingerprint density at radius 2 is 1.59 bits per heavy atom. The number of amides is 2. The minimum absolute atomic E-state index is 0.00663. The number of nitrogens with zero attached hydrogens (tertiary/aromatic N) is 1. The lowest BCUT2D eigenvalue weighted by Crippen LogP contribution is -2.41. The number of nitrogens with one attached hydrogen (secondary N) is 3. The quantitative estimate of drug-likeness (QED) is 0.517. The number of hydrogen-bond donors (Lipinski definition) is 3. The van der Waals surface area contributed by atoms with Gasteiger partial charge in [-0.2, -0.15) is 0 Å². The number of carbonyl (C=O) groups is 2. The molecule has 10 nitrogen and oxygen atoms in total. The van der Waals surface area contributed by atoms with Gasteiger partial charge in [0.25, 0.3) is 17.5 Å². The molecule has 0 aliphatic heterocycles. The molecular formula is C16H16N4O6S. The van der Waals surface area contributed by atoms with E-state index >= 15 is 0 Å². The van der Waals surface area contributed by atoms with Crippen LogP contribution < -0.4 is 15.6 Å². The summed E-state index contributed by atoms with van der Waals surface area (Å²) in [6.45, 7) is 1.67. The van der Waals surface area contributed by atoms with Gasteiger partial charge in [0.2, 0.25) is 10.0 Å². The van der Waals surface area contributed by atoms with Crippen LogP contribution in [0.1, 0.15) is 26.3 Å². The number of sulfonamides is 1. The molecule has 0 radical (unpaired) electrons. The lowest BCUT2D eigenvalue weighted by molar-refractivity contribution is -0.384. The van der Waals surface area contributed by atoms with Crippen LogP contribution >= 0.6 is 0 Å². The maximum atomic E-state index is 12.2. The third-order valence-electron chi connectivity index (χ3n) is 3.40. The van der Waals surface area contributed by atoms with Crippen molar-refractivity contribution in [3.05, 3.63) is 69.3 Å². The van der Waals surface area contributed by atoms with Gasteiger partial charge in [0.1, 0.15) is 0 Å². The molecule has 0 bridgehead atoms. The minimum Gasteiger partial charge on any atom is -0.283 e. The van der Waals surface area contributed by atoms with Crippen molar-refractivity contribution in [2.75, 3.05) is 11.0 Å². The van der Waals surface area contributed by atoms with E-state index in [4.69, 9.17) is 0 Å². The maximum Gasteiger partial charge on any atom is 0.270 e. The molecule has 2 amide bonds. The molecule has 27 heavy (non-hydrogen) atoms.